The number of nitrogens with zero attached hydrogens (tertiary/aromatic N) is 1. The molecule has 9 heteroatoms. The van der Waals surface area contributed by atoms with E-state index in [1.165, 1.54) is 0 Å². The molecule has 0 saturated carbocycles. The van der Waals surface area contributed by atoms with Gasteiger partial charge in [-0.15, -0.1) is 0 Å². The predicted octanol–water partition coefficient (Wildman–Crippen LogP) is 6.74. The van der Waals surface area contributed by atoms with Crippen molar-refractivity contribution < 1.29 is 23.9 Å². The molecule has 2 atom stereocenters. The molecular weight excluding hydrogens is 538 g/mol. The van der Waals surface area contributed by atoms with Crippen LogP contribution in [0.25, 0.3) is 0 Å². The van der Waals surface area contributed by atoms with E-state index in [0.717, 1.165) is 31.2 Å². The van der Waals surface area contributed by atoms with E-state index in [9.17, 15) is 14.4 Å². The summed E-state index contributed by atoms with van der Waals surface area (Å²) in [4.78, 5) is 42.7. The molecule has 2 unspecified atom stereocenters. The Morgan fingerprint density at radius 3 is 2.32 bits per heavy atom. The van der Waals surface area contributed by atoms with E-state index in [0.29, 0.717) is 35.7 Å². The number of hydrogen-bond acceptors (Lipinski definition) is 6. The molecule has 2 aromatic rings. The van der Waals surface area contributed by atoms with Crippen LogP contribution in [-0.4, -0.2) is 60.1 Å². The molecule has 8 nitrogen and oxygen atoms in total. The van der Waals surface area contributed by atoms with Crippen molar-refractivity contribution >= 4 is 35.4 Å². The third-order valence-electron chi connectivity index (χ3n) is 6.41. The van der Waals surface area contributed by atoms with Crippen molar-refractivity contribution in [1.82, 2.24) is 10.2 Å². The number of alkyl carbamates (subject to hydrolysis) is 1. The summed E-state index contributed by atoms with van der Waals surface area (Å²) in [6, 6.07) is 13.0. The van der Waals surface area contributed by atoms with Gasteiger partial charge in [-0.1, -0.05) is 56.0 Å². The number of hydrogen-bond donors (Lipinski definition) is 2. The van der Waals surface area contributed by atoms with Crippen LogP contribution in [-0.2, 0) is 14.3 Å². The third kappa shape index (κ3) is 11.7. The van der Waals surface area contributed by atoms with Gasteiger partial charge in [-0.25, -0.2) is 4.79 Å². The largest absolute Gasteiger partial charge is 0.497 e. The number of aryl methyl sites for hydroxylation is 1. The van der Waals surface area contributed by atoms with E-state index in [1.807, 2.05) is 37.4 Å². The van der Waals surface area contributed by atoms with Crippen molar-refractivity contribution in [2.45, 2.75) is 84.4 Å². The first-order chi connectivity index (χ1) is 19.5. The van der Waals surface area contributed by atoms with Gasteiger partial charge >= 0.3 is 6.09 Å². The first kappa shape index (κ1) is 34.0. The van der Waals surface area contributed by atoms with E-state index in [1.54, 1.807) is 68.8 Å². The van der Waals surface area contributed by atoms with Crippen molar-refractivity contribution in [2.24, 2.45) is 0 Å². The third-order valence-corrected chi connectivity index (χ3v) is 7.05. The Labute approximate surface area is 249 Å². The Morgan fingerprint density at radius 2 is 1.73 bits per heavy atom. The van der Waals surface area contributed by atoms with Crippen molar-refractivity contribution in [3.8, 4) is 5.75 Å². The smallest absolute Gasteiger partial charge is 0.408 e. The van der Waals surface area contributed by atoms with Gasteiger partial charge in [0.1, 0.15) is 23.4 Å². The minimum absolute atomic E-state index is 0.308. The summed E-state index contributed by atoms with van der Waals surface area (Å²) in [7, 11) is 1.59. The van der Waals surface area contributed by atoms with Crippen molar-refractivity contribution in [1.29, 1.82) is 0 Å². The fourth-order valence-electron chi connectivity index (χ4n) is 4.42. The maximum atomic E-state index is 14.3. The lowest BCUT2D eigenvalue weighted by Crippen LogP contribution is -2.52. The lowest BCUT2D eigenvalue weighted by atomic mass is 9.99. The number of carbonyl (C=O) groups is 3. The number of rotatable bonds is 15. The fraction of sp³-hybridized carbons (Fsp3) is 0.531. The van der Waals surface area contributed by atoms with Gasteiger partial charge < -0.3 is 25.0 Å². The number of ether oxygens (including phenoxy) is 2. The number of carbonyl (C=O) groups excluding carboxylic acids is 3. The van der Waals surface area contributed by atoms with Gasteiger partial charge in [-0.2, -0.15) is 11.8 Å². The average molecular weight is 586 g/mol. The maximum absolute atomic E-state index is 14.3. The van der Waals surface area contributed by atoms with Gasteiger partial charge in [-0.3, -0.25) is 9.59 Å². The number of anilines is 1. The highest BCUT2D eigenvalue weighted by Gasteiger charge is 2.36. The van der Waals surface area contributed by atoms with E-state index in [4.69, 9.17) is 9.47 Å². The highest BCUT2D eigenvalue weighted by molar-refractivity contribution is 7.98. The van der Waals surface area contributed by atoms with Crippen molar-refractivity contribution in [3.63, 3.8) is 0 Å². The number of unbranched alkanes of at least 4 members (excludes halogenated alkanes) is 3. The number of nitrogens with one attached hydrogen (secondary N) is 2. The van der Waals surface area contributed by atoms with Crippen LogP contribution >= 0.6 is 11.8 Å². The highest BCUT2D eigenvalue weighted by Crippen LogP contribution is 2.27. The van der Waals surface area contributed by atoms with Gasteiger partial charge in [0, 0.05) is 12.2 Å². The van der Waals surface area contributed by atoms with Gasteiger partial charge in [0.2, 0.25) is 5.91 Å². The number of amides is 3. The maximum Gasteiger partial charge on any atom is 0.408 e. The van der Waals surface area contributed by atoms with Gasteiger partial charge in [0.25, 0.3) is 5.91 Å². The zero-order valence-corrected chi connectivity index (χ0v) is 26.4. The summed E-state index contributed by atoms with van der Waals surface area (Å²) >= 11 is 1.59. The van der Waals surface area contributed by atoms with Crippen molar-refractivity contribution in [3.05, 3.63) is 59.7 Å². The summed E-state index contributed by atoms with van der Waals surface area (Å²) in [5.41, 5.74) is 1.58. The van der Waals surface area contributed by atoms with Crippen LogP contribution in [0.4, 0.5) is 10.5 Å². The molecule has 0 aromatic heterocycles. The Balaban J connectivity index is 2.51. The second-order valence-corrected chi connectivity index (χ2v) is 12.1. The molecule has 0 aliphatic carbocycles. The molecule has 0 bridgehead atoms. The molecule has 0 spiro atoms. The number of thioether (sulfide) groups is 1. The second-order valence-electron chi connectivity index (χ2n) is 11.1. The Bertz CT molecular complexity index is 1120. The normalized spacial score (nSPS) is 12.7. The molecular formula is C32H47N3O5S. The monoisotopic (exact) mass is 585 g/mol. The van der Waals surface area contributed by atoms with Crippen LogP contribution in [0.1, 0.15) is 77.0 Å². The number of benzene rings is 2. The molecule has 0 fully saturated rings. The van der Waals surface area contributed by atoms with E-state index < -0.39 is 23.8 Å². The summed E-state index contributed by atoms with van der Waals surface area (Å²) in [5, 5.41) is 5.80. The Hall–Kier alpha value is -3.20. The molecule has 226 valence electrons. The van der Waals surface area contributed by atoms with Gasteiger partial charge in [0.15, 0.2) is 0 Å². The standard InChI is InChI=1S/C32H47N3O5S/c1-8-9-10-11-20-35(30(37)27(19-21-41-7)34-31(38)40-32(3,4)5)28(24-14-12-13-23(2)22-24)29(36)33-25-15-17-26(39-6)18-16-25/h12-18,22,27-28H,8-11,19-21H2,1-7H3,(H,33,36)(H,34,38). The predicted molar refractivity (Wildman–Crippen MR) is 168 cm³/mol. The summed E-state index contributed by atoms with van der Waals surface area (Å²) in [5.74, 6) is 0.697. The summed E-state index contributed by atoms with van der Waals surface area (Å²) < 4.78 is 10.7. The van der Waals surface area contributed by atoms with Gasteiger partial charge in [-0.05, 0) is 82.4 Å². The molecule has 2 rings (SSSR count). The van der Waals surface area contributed by atoms with Crippen LogP contribution < -0.4 is 15.4 Å². The zero-order valence-electron chi connectivity index (χ0n) is 25.6. The van der Waals surface area contributed by atoms with Crippen molar-refractivity contribution in [2.75, 3.05) is 31.0 Å². The lowest BCUT2D eigenvalue weighted by molar-refractivity contribution is -0.141. The fourth-order valence-corrected chi connectivity index (χ4v) is 4.89. The van der Waals surface area contributed by atoms with Gasteiger partial charge in [0.05, 0.1) is 7.11 Å². The molecule has 0 aliphatic rings. The molecule has 41 heavy (non-hydrogen) atoms. The average Bonchev–Trinajstić information content (AvgIpc) is 2.91. The number of methoxy groups -OCH3 is 1. The molecule has 0 saturated heterocycles. The van der Waals surface area contributed by atoms with E-state index >= 15 is 0 Å². The minimum atomic E-state index is -0.900. The molecule has 2 aromatic carbocycles. The highest BCUT2D eigenvalue weighted by atomic mass is 32.2. The summed E-state index contributed by atoms with van der Waals surface area (Å²) in [6.45, 7) is 9.80. The topological polar surface area (TPSA) is 97.0 Å². The van der Waals surface area contributed by atoms with E-state index in [-0.39, 0.29) is 11.8 Å². The molecule has 0 heterocycles. The molecule has 0 aliphatic heterocycles. The molecule has 0 radical (unpaired) electrons. The first-order valence-corrected chi connectivity index (χ1v) is 15.7. The second kappa shape index (κ2) is 16.9. The first-order valence-electron chi connectivity index (χ1n) is 14.3. The Kier molecular flexibility index (Phi) is 14.0. The van der Waals surface area contributed by atoms with Crippen LogP contribution in [0.15, 0.2) is 48.5 Å². The SMILES string of the molecule is CCCCCCN(C(=O)C(CCSC)NC(=O)OC(C)(C)C)C(C(=O)Nc1ccc(OC)cc1)c1cccc(C)c1. The minimum Gasteiger partial charge on any atom is -0.497 e. The van der Waals surface area contributed by atoms with Crippen LogP contribution in [0, 0.1) is 6.92 Å². The Morgan fingerprint density at radius 1 is 1.02 bits per heavy atom. The quantitative estimate of drug-likeness (QED) is 0.225. The lowest BCUT2D eigenvalue weighted by Gasteiger charge is -2.34. The summed E-state index contributed by atoms with van der Waals surface area (Å²) in [6.07, 6.45) is 5.44. The molecule has 3 amide bonds. The van der Waals surface area contributed by atoms with E-state index in [2.05, 4.69) is 17.6 Å². The van der Waals surface area contributed by atoms with Crippen LogP contribution in [0.5, 0.6) is 5.75 Å². The zero-order chi connectivity index (χ0) is 30.4. The van der Waals surface area contributed by atoms with Crippen LogP contribution in [0.3, 0.4) is 0 Å². The van der Waals surface area contributed by atoms with Crippen LogP contribution in [0.2, 0.25) is 0 Å². The molecule has 2 N–H and O–H groups in total.